The van der Waals surface area contributed by atoms with Crippen molar-refractivity contribution in [3.8, 4) is 0 Å². The highest BCUT2D eigenvalue weighted by Crippen LogP contribution is 2.00. The van der Waals surface area contributed by atoms with Crippen molar-refractivity contribution in [2.24, 2.45) is 0 Å². The minimum atomic E-state index is -0.910. The van der Waals surface area contributed by atoms with E-state index in [4.69, 9.17) is 5.73 Å². The Morgan fingerprint density at radius 1 is 1.67 bits per heavy atom. The number of nitrogens with one attached hydrogen (secondary N) is 1. The third-order valence-corrected chi connectivity index (χ3v) is 1.54. The van der Waals surface area contributed by atoms with Crippen LogP contribution in [0.4, 0.5) is 15.0 Å². The second kappa shape index (κ2) is 4.07. The van der Waals surface area contributed by atoms with Gasteiger partial charge in [-0.2, -0.15) is 4.98 Å². The van der Waals surface area contributed by atoms with Gasteiger partial charge in [0.1, 0.15) is 0 Å². The highest BCUT2D eigenvalue weighted by Gasteiger charge is 2.12. The van der Waals surface area contributed by atoms with E-state index in [-0.39, 0.29) is 6.04 Å². The van der Waals surface area contributed by atoms with Gasteiger partial charge in [-0.05, 0) is 13.8 Å². The molecule has 0 aliphatic heterocycles. The standard InChI is InChI=1S/C8H11FN4O2/c1-4(2)11-7(14)13-3-5(9)6(10)12-8(13)15/h3-4H,1-2H3,(H,11,14)(H2,10,12,15). The lowest BCUT2D eigenvalue weighted by Crippen LogP contribution is -2.40. The van der Waals surface area contributed by atoms with Gasteiger partial charge in [-0.3, -0.25) is 0 Å². The maximum absolute atomic E-state index is 12.9. The number of nitrogens with two attached hydrogens (primary N) is 1. The number of halogens is 1. The van der Waals surface area contributed by atoms with Crippen LogP contribution in [0, 0.1) is 5.82 Å². The van der Waals surface area contributed by atoms with Crippen molar-refractivity contribution in [1.29, 1.82) is 0 Å². The molecule has 7 heteroatoms. The molecular weight excluding hydrogens is 203 g/mol. The molecule has 0 aliphatic carbocycles. The van der Waals surface area contributed by atoms with Crippen molar-refractivity contribution in [2.75, 3.05) is 5.73 Å². The van der Waals surface area contributed by atoms with E-state index < -0.39 is 23.4 Å². The number of hydrogen-bond acceptors (Lipinski definition) is 4. The van der Waals surface area contributed by atoms with Crippen LogP contribution in [0.1, 0.15) is 13.8 Å². The summed E-state index contributed by atoms with van der Waals surface area (Å²) in [5, 5.41) is 2.42. The Hall–Kier alpha value is -1.92. The van der Waals surface area contributed by atoms with Gasteiger partial charge in [0, 0.05) is 6.04 Å². The van der Waals surface area contributed by atoms with E-state index in [1.807, 2.05) is 0 Å². The van der Waals surface area contributed by atoms with Crippen molar-refractivity contribution in [3.05, 3.63) is 22.5 Å². The fraction of sp³-hybridized carbons (Fsp3) is 0.375. The molecule has 15 heavy (non-hydrogen) atoms. The zero-order chi connectivity index (χ0) is 11.6. The zero-order valence-corrected chi connectivity index (χ0v) is 8.32. The lowest BCUT2D eigenvalue weighted by atomic mass is 10.4. The molecule has 0 aliphatic rings. The Bertz CT molecular complexity index is 441. The molecular formula is C8H11FN4O2. The van der Waals surface area contributed by atoms with E-state index >= 15 is 0 Å². The summed E-state index contributed by atoms with van der Waals surface area (Å²) in [6.07, 6.45) is 0.711. The monoisotopic (exact) mass is 214 g/mol. The fourth-order valence-corrected chi connectivity index (χ4v) is 0.907. The molecule has 0 spiro atoms. The molecule has 0 unspecified atom stereocenters. The van der Waals surface area contributed by atoms with E-state index in [1.165, 1.54) is 0 Å². The van der Waals surface area contributed by atoms with Gasteiger partial charge in [-0.25, -0.2) is 18.5 Å². The third kappa shape index (κ3) is 2.52. The second-order valence-electron chi connectivity index (χ2n) is 3.23. The smallest absolute Gasteiger partial charge is 0.357 e. The highest BCUT2D eigenvalue weighted by molar-refractivity contribution is 5.76. The van der Waals surface area contributed by atoms with Crippen molar-refractivity contribution in [3.63, 3.8) is 0 Å². The highest BCUT2D eigenvalue weighted by atomic mass is 19.1. The molecule has 3 N–H and O–H groups in total. The van der Waals surface area contributed by atoms with Crippen molar-refractivity contribution in [2.45, 2.75) is 19.9 Å². The van der Waals surface area contributed by atoms with Crippen LogP contribution in [0.25, 0.3) is 0 Å². The van der Waals surface area contributed by atoms with Crippen LogP contribution in [-0.2, 0) is 0 Å². The Balaban J connectivity index is 3.10. The summed E-state index contributed by atoms with van der Waals surface area (Å²) in [5.41, 5.74) is 4.15. The maximum Gasteiger partial charge on any atom is 0.357 e. The number of nitrogen functional groups attached to an aromatic ring is 1. The first-order valence-corrected chi connectivity index (χ1v) is 4.27. The minimum Gasteiger partial charge on any atom is -0.381 e. The number of carbonyl (C=O) groups is 1. The van der Waals surface area contributed by atoms with E-state index in [0.717, 1.165) is 0 Å². The molecule has 1 amide bonds. The second-order valence-corrected chi connectivity index (χ2v) is 3.23. The normalized spacial score (nSPS) is 10.4. The summed E-state index contributed by atoms with van der Waals surface area (Å²) >= 11 is 0. The van der Waals surface area contributed by atoms with Gasteiger partial charge in [0.15, 0.2) is 11.6 Å². The Kier molecular flexibility index (Phi) is 3.03. The number of hydrogen-bond donors (Lipinski definition) is 2. The zero-order valence-electron chi connectivity index (χ0n) is 8.32. The average Bonchev–Trinajstić information content (AvgIpc) is 2.09. The van der Waals surface area contributed by atoms with Crippen molar-refractivity contribution < 1.29 is 9.18 Å². The molecule has 0 aromatic carbocycles. The van der Waals surface area contributed by atoms with Gasteiger partial charge >= 0.3 is 11.7 Å². The minimum absolute atomic E-state index is 0.162. The first-order valence-electron chi connectivity index (χ1n) is 4.27. The predicted molar refractivity (Wildman–Crippen MR) is 51.9 cm³/mol. The predicted octanol–water partition coefficient (Wildman–Crippen LogP) is -0.0693. The molecule has 0 fully saturated rings. The number of anilines is 1. The van der Waals surface area contributed by atoms with E-state index in [9.17, 15) is 14.0 Å². The van der Waals surface area contributed by atoms with Crippen LogP contribution >= 0.6 is 0 Å². The maximum atomic E-state index is 12.9. The first kappa shape index (κ1) is 11.2. The average molecular weight is 214 g/mol. The number of rotatable bonds is 1. The number of carbonyl (C=O) groups excluding carboxylic acids is 1. The number of aromatic nitrogens is 2. The van der Waals surface area contributed by atoms with Gasteiger partial charge in [0.05, 0.1) is 6.20 Å². The van der Waals surface area contributed by atoms with Crippen LogP contribution in [0.15, 0.2) is 11.0 Å². The lowest BCUT2D eigenvalue weighted by Gasteiger charge is -2.09. The Labute approximate surface area is 84.9 Å². The fourth-order valence-electron chi connectivity index (χ4n) is 0.907. The molecule has 0 saturated carbocycles. The molecule has 0 bridgehead atoms. The van der Waals surface area contributed by atoms with Crippen LogP contribution < -0.4 is 16.7 Å². The molecule has 0 radical (unpaired) electrons. The van der Waals surface area contributed by atoms with Gasteiger partial charge in [-0.15, -0.1) is 0 Å². The quantitative estimate of drug-likeness (QED) is 0.684. The Morgan fingerprint density at radius 3 is 2.80 bits per heavy atom. The summed E-state index contributed by atoms with van der Waals surface area (Å²) in [7, 11) is 0. The molecule has 82 valence electrons. The van der Waals surface area contributed by atoms with E-state index in [1.54, 1.807) is 13.8 Å². The van der Waals surface area contributed by atoms with Crippen LogP contribution in [0.3, 0.4) is 0 Å². The molecule has 1 rings (SSSR count). The topological polar surface area (TPSA) is 90.0 Å². The first-order chi connectivity index (χ1) is 6.91. The van der Waals surface area contributed by atoms with E-state index in [0.29, 0.717) is 10.8 Å². The summed E-state index contributed by atoms with van der Waals surface area (Å²) in [6, 6.07) is -0.897. The van der Waals surface area contributed by atoms with Gasteiger partial charge in [-0.1, -0.05) is 0 Å². The molecule has 1 aromatic heterocycles. The van der Waals surface area contributed by atoms with Crippen molar-refractivity contribution >= 4 is 11.8 Å². The Morgan fingerprint density at radius 2 is 2.27 bits per heavy atom. The van der Waals surface area contributed by atoms with Crippen molar-refractivity contribution in [1.82, 2.24) is 14.9 Å². The largest absolute Gasteiger partial charge is 0.381 e. The van der Waals surface area contributed by atoms with Crippen LogP contribution in [0.5, 0.6) is 0 Å². The van der Waals surface area contributed by atoms with Crippen LogP contribution in [-0.4, -0.2) is 21.6 Å². The molecule has 1 aromatic rings. The SMILES string of the molecule is CC(C)NC(=O)n1cc(F)c(N)nc1=O. The molecule has 1 heterocycles. The summed E-state index contributed by atoms with van der Waals surface area (Å²) in [6.45, 7) is 3.42. The summed E-state index contributed by atoms with van der Waals surface area (Å²) in [5.74, 6) is -1.43. The van der Waals surface area contributed by atoms with Gasteiger partial charge in [0.2, 0.25) is 0 Å². The number of nitrogens with zero attached hydrogens (tertiary/aromatic N) is 2. The summed E-state index contributed by atoms with van der Waals surface area (Å²) < 4.78 is 13.5. The number of amides is 1. The molecule has 0 saturated heterocycles. The molecule has 0 atom stereocenters. The van der Waals surface area contributed by atoms with E-state index in [2.05, 4.69) is 10.3 Å². The van der Waals surface area contributed by atoms with Gasteiger partial charge in [0.25, 0.3) is 0 Å². The lowest BCUT2D eigenvalue weighted by molar-refractivity contribution is 0.238. The van der Waals surface area contributed by atoms with Crippen LogP contribution in [0.2, 0.25) is 0 Å². The molecule has 6 nitrogen and oxygen atoms in total. The third-order valence-electron chi connectivity index (χ3n) is 1.54. The van der Waals surface area contributed by atoms with Gasteiger partial charge < -0.3 is 11.1 Å². The summed E-state index contributed by atoms with van der Waals surface area (Å²) in [4.78, 5) is 25.7.